The number of nitrogens with one attached hydrogen (secondary N) is 1. The van der Waals surface area contributed by atoms with Gasteiger partial charge in [-0.05, 0) is 25.1 Å². The highest BCUT2D eigenvalue weighted by Gasteiger charge is 2.20. The topological polar surface area (TPSA) is 69.9 Å². The van der Waals surface area contributed by atoms with Gasteiger partial charge >= 0.3 is 0 Å². The first-order chi connectivity index (χ1) is 13.1. The lowest BCUT2D eigenvalue weighted by molar-refractivity contribution is -0.121. The maximum Gasteiger partial charge on any atom is 0.225 e. The van der Waals surface area contributed by atoms with E-state index in [1.54, 1.807) is 19.2 Å². The van der Waals surface area contributed by atoms with Crippen molar-refractivity contribution in [2.45, 2.75) is 19.4 Å². The van der Waals surface area contributed by atoms with Crippen LogP contribution in [0.25, 0.3) is 11.0 Å². The Morgan fingerprint density at radius 1 is 1.04 bits per heavy atom. The number of furan rings is 1. The number of benzene rings is 2. The highest BCUT2D eigenvalue weighted by atomic mass is 16.5. The Hall–Kier alpha value is -3.15. The van der Waals surface area contributed by atoms with Gasteiger partial charge in [0.25, 0.3) is 0 Å². The van der Waals surface area contributed by atoms with Crippen molar-refractivity contribution >= 4 is 16.9 Å². The Bertz CT molecular complexity index is 914. The molecule has 1 amide bonds. The number of methoxy groups -OCH3 is 3. The lowest BCUT2D eigenvalue weighted by Gasteiger charge is -2.16. The molecular weight excluding hydrogens is 346 g/mol. The fourth-order valence-electron chi connectivity index (χ4n) is 3.05. The van der Waals surface area contributed by atoms with Crippen molar-refractivity contribution in [2.24, 2.45) is 0 Å². The zero-order valence-corrected chi connectivity index (χ0v) is 15.9. The van der Waals surface area contributed by atoms with Gasteiger partial charge in [-0.2, -0.15) is 0 Å². The molecule has 1 heterocycles. The number of hydrogen-bond donors (Lipinski definition) is 1. The Morgan fingerprint density at radius 2 is 1.78 bits per heavy atom. The summed E-state index contributed by atoms with van der Waals surface area (Å²) in [5.74, 6) is 2.07. The second kappa shape index (κ2) is 8.03. The second-order valence-electron chi connectivity index (χ2n) is 6.15. The molecule has 3 aromatic rings. The third kappa shape index (κ3) is 3.84. The summed E-state index contributed by atoms with van der Waals surface area (Å²) in [6.45, 7) is 1.89. The van der Waals surface area contributed by atoms with Crippen LogP contribution in [0.5, 0.6) is 17.2 Å². The number of para-hydroxylation sites is 1. The van der Waals surface area contributed by atoms with Gasteiger partial charge in [0.2, 0.25) is 11.7 Å². The number of carbonyl (C=O) groups is 1. The van der Waals surface area contributed by atoms with Gasteiger partial charge in [-0.15, -0.1) is 0 Å². The van der Waals surface area contributed by atoms with E-state index in [1.165, 1.54) is 14.2 Å². The lowest BCUT2D eigenvalue weighted by Crippen LogP contribution is -2.28. The summed E-state index contributed by atoms with van der Waals surface area (Å²) in [5, 5.41) is 3.97. The van der Waals surface area contributed by atoms with Crippen molar-refractivity contribution in [3.63, 3.8) is 0 Å². The van der Waals surface area contributed by atoms with Crippen LogP contribution in [0, 0.1) is 0 Å². The van der Waals surface area contributed by atoms with Crippen molar-refractivity contribution in [2.75, 3.05) is 21.3 Å². The smallest absolute Gasteiger partial charge is 0.225 e. The SMILES string of the molecule is COc1ccc(CC(=O)N[C@H](C)c2cc3ccccc3o2)c(OC)c1OC. The largest absolute Gasteiger partial charge is 0.493 e. The van der Waals surface area contributed by atoms with Crippen LogP contribution in [-0.4, -0.2) is 27.2 Å². The Labute approximate surface area is 158 Å². The molecule has 27 heavy (non-hydrogen) atoms. The number of ether oxygens (including phenoxy) is 3. The van der Waals surface area contributed by atoms with Crippen LogP contribution < -0.4 is 19.5 Å². The molecule has 2 aromatic carbocycles. The molecular formula is C21H23NO5. The highest BCUT2D eigenvalue weighted by molar-refractivity contribution is 5.81. The summed E-state index contributed by atoms with van der Waals surface area (Å²) in [6.07, 6.45) is 0.147. The van der Waals surface area contributed by atoms with Crippen molar-refractivity contribution in [3.8, 4) is 17.2 Å². The average Bonchev–Trinajstić information content (AvgIpc) is 3.11. The van der Waals surface area contributed by atoms with Gasteiger partial charge < -0.3 is 23.9 Å². The van der Waals surface area contributed by atoms with E-state index in [0.717, 1.165) is 11.0 Å². The van der Waals surface area contributed by atoms with Crippen LogP contribution in [0.3, 0.4) is 0 Å². The number of amides is 1. The maximum absolute atomic E-state index is 12.6. The predicted molar refractivity (Wildman–Crippen MR) is 103 cm³/mol. The molecule has 0 fully saturated rings. The third-order valence-corrected chi connectivity index (χ3v) is 4.39. The molecule has 1 aromatic heterocycles. The first kappa shape index (κ1) is 18.6. The van der Waals surface area contributed by atoms with Crippen molar-refractivity contribution in [1.82, 2.24) is 5.32 Å². The Balaban J connectivity index is 1.75. The van der Waals surface area contributed by atoms with Gasteiger partial charge in [0.15, 0.2) is 11.5 Å². The highest BCUT2D eigenvalue weighted by Crippen LogP contribution is 2.39. The number of hydrogen-bond acceptors (Lipinski definition) is 5. The quantitative estimate of drug-likeness (QED) is 0.684. The summed E-state index contributed by atoms with van der Waals surface area (Å²) < 4.78 is 21.9. The maximum atomic E-state index is 12.6. The third-order valence-electron chi connectivity index (χ3n) is 4.39. The van der Waals surface area contributed by atoms with Crippen LogP contribution in [0.1, 0.15) is 24.3 Å². The number of fused-ring (bicyclic) bond motifs is 1. The molecule has 1 N–H and O–H groups in total. The molecule has 0 saturated heterocycles. The first-order valence-electron chi connectivity index (χ1n) is 8.63. The molecule has 3 rings (SSSR count). The average molecular weight is 369 g/mol. The minimum atomic E-state index is -0.254. The molecule has 142 valence electrons. The van der Waals surface area contributed by atoms with E-state index < -0.39 is 0 Å². The number of rotatable bonds is 7. The first-order valence-corrected chi connectivity index (χ1v) is 8.63. The molecule has 6 heteroatoms. The fourth-order valence-corrected chi connectivity index (χ4v) is 3.05. The van der Waals surface area contributed by atoms with Crippen LogP contribution in [0.2, 0.25) is 0 Å². The molecule has 0 saturated carbocycles. The Morgan fingerprint density at radius 3 is 2.44 bits per heavy atom. The van der Waals surface area contributed by atoms with Crippen LogP contribution in [0.15, 0.2) is 46.9 Å². The molecule has 0 spiro atoms. The van der Waals surface area contributed by atoms with E-state index in [2.05, 4.69) is 5.32 Å². The standard InChI is InChI=1S/C21H23NO5/c1-13(18-11-14-7-5-6-8-16(14)27-18)22-19(23)12-15-9-10-17(24-2)21(26-4)20(15)25-3/h5-11,13H,12H2,1-4H3,(H,22,23)/t13-/m1/s1. The van der Waals surface area contributed by atoms with Crippen molar-refractivity contribution < 1.29 is 23.4 Å². The summed E-state index contributed by atoms with van der Waals surface area (Å²) in [6, 6.07) is 13.0. The monoisotopic (exact) mass is 369 g/mol. The summed E-state index contributed by atoms with van der Waals surface area (Å²) >= 11 is 0. The summed E-state index contributed by atoms with van der Waals surface area (Å²) in [5.41, 5.74) is 1.51. The van der Waals surface area contributed by atoms with Gasteiger partial charge in [0, 0.05) is 10.9 Å². The van der Waals surface area contributed by atoms with E-state index in [0.29, 0.717) is 28.6 Å². The van der Waals surface area contributed by atoms with Crippen molar-refractivity contribution in [3.05, 3.63) is 53.8 Å². The number of carbonyl (C=O) groups excluding carboxylic acids is 1. The summed E-state index contributed by atoms with van der Waals surface area (Å²) in [4.78, 5) is 12.6. The molecule has 0 aliphatic carbocycles. The van der Waals surface area contributed by atoms with Crippen LogP contribution in [0.4, 0.5) is 0 Å². The zero-order valence-electron chi connectivity index (χ0n) is 15.9. The second-order valence-corrected chi connectivity index (χ2v) is 6.15. The van der Waals surface area contributed by atoms with Gasteiger partial charge in [-0.1, -0.05) is 24.3 Å². The van der Waals surface area contributed by atoms with Gasteiger partial charge in [-0.25, -0.2) is 0 Å². The molecule has 1 atom stereocenters. The van der Waals surface area contributed by atoms with Gasteiger partial charge in [-0.3, -0.25) is 4.79 Å². The molecule has 0 bridgehead atoms. The molecule has 0 radical (unpaired) electrons. The minimum Gasteiger partial charge on any atom is -0.493 e. The van der Waals surface area contributed by atoms with E-state index in [4.69, 9.17) is 18.6 Å². The van der Waals surface area contributed by atoms with Crippen LogP contribution >= 0.6 is 0 Å². The van der Waals surface area contributed by atoms with Crippen molar-refractivity contribution in [1.29, 1.82) is 0 Å². The van der Waals surface area contributed by atoms with E-state index in [9.17, 15) is 4.79 Å². The predicted octanol–water partition coefficient (Wildman–Crippen LogP) is 3.88. The summed E-state index contributed by atoms with van der Waals surface area (Å²) in [7, 11) is 4.63. The Kier molecular flexibility index (Phi) is 5.54. The van der Waals surface area contributed by atoms with Gasteiger partial charge in [0.05, 0.1) is 33.8 Å². The van der Waals surface area contributed by atoms with Gasteiger partial charge in [0.1, 0.15) is 11.3 Å². The molecule has 6 nitrogen and oxygen atoms in total. The van der Waals surface area contributed by atoms with E-state index in [-0.39, 0.29) is 18.4 Å². The zero-order chi connectivity index (χ0) is 19.4. The van der Waals surface area contributed by atoms with E-state index in [1.807, 2.05) is 37.3 Å². The normalized spacial score (nSPS) is 11.9. The fraction of sp³-hybridized carbons (Fsp3) is 0.286. The van der Waals surface area contributed by atoms with Crippen LogP contribution in [-0.2, 0) is 11.2 Å². The molecule has 0 aliphatic heterocycles. The molecule has 0 unspecified atom stereocenters. The lowest BCUT2D eigenvalue weighted by atomic mass is 10.1. The molecule has 0 aliphatic rings. The minimum absolute atomic E-state index is 0.145. The van der Waals surface area contributed by atoms with E-state index >= 15 is 0 Å².